The average molecular weight is 568 g/mol. The van der Waals surface area contributed by atoms with E-state index in [0.29, 0.717) is 22.1 Å². The fourth-order valence-corrected chi connectivity index (χ4v) is 4.81. The minimum Gasteiger partial charge on any atom is -0.374 e. The normalized spacial score (nSPS) is 13.4. The second-order valence-electron chi connectivity index (χ2n) is 7.11. The first-order valence-corrected chi connectivity index (χ1v) is 12.2. The van der Waals surface area contributed by atoms with Gasteiger partial charge in [-0.05, 0) is 71.8 Å². The number of carbonyl (C=O) groups excluding carboxylic acids is 1. The molecule has 0 atom stereocenters. The Labute approximate surface area is 197 Å². The predicted molar refractivity (Wildman–Crippen MR) is 127 cm³/mol. The number of aromatic nitrogens is 1. The lowest BCUT2D eigenvalue weighted by molar-refractivity contribution is 0.0999. The summed E-state index contributed by atoms with van der Waals surface area (Å²) < 4.78 is 42.6. The summed E-state index contributed by atoms with van der Waals surface area (Å²) in [5.74, 6) is -1.13. The monoisotopic (exact) mass is 568 g/mol. The molecule has 1 fully saturated rings. The number of carbonyl (C=O) groups is 1. The molecule has 0 bridgehead atoms. The van der Waals surface area contributed by atoms with E-state index in [1.54, 1.807) is 24.3 Å². The van der Waals surface area contributed by atoms with Gasteiger partial charge in [0, 0.05) is 15.8 Å². The van der Waals surface area contributed by atoms with Crippen LogP contribution in [0.4, 0.5) is 21.5 Å². The second-order valence-corrected chi connectivity index (χ2v) is 10.3. The Bertz CT molecular complexity index is 1280. The van der Waals surface area contributed by atoms with Crippen LogP contribution in [0.2, 0.25) is 0 Å². The molecular weight excluding hydrogens is 550 g/mol. The maximum Gasteiger partial charge on any atom is 0.251 e. The number of nitrogens with one attached hydrogen (secondary N) is 1. The molecule has 1 saturated carbocycles. The topological polar surface area (TPSA) is 115 Å². The van der Waals surface area contributed by atoms with Gasteiger partial charge < -0.3 is 10.6 Å². The summed E-state index contributed by atoms with van der Waals surface area (Å²) in [6.07, 6.45) is 3.97. The SMILES string of the molecule is NC(=O)c1ccncc1N(Oc1cccc(NS(=O)(=O)C2CC2)c1)c1ccc(I)cc1F. The van der Waals surface area contributed by atoms with Gasteiger partial charge in [0.05, 0.1) is 22.7 Å². The summed E-state index contributed by atoms with van der Waals surface area (Å²) in [6.45, 7) is 0. The van der Waals surface area contributed by atoms with Crippen LogP contribution in [-0.4, -0.2) is 24.6 Å². The van der Waals surface area contributed by atoms with Crippen molar-refractivity contribution in [2.45, 2.75) is 18.1 Å². The number of primary amides is 1. The lowest BCUT2D eigenvalue weighted by atomic mass is 10.2. The van der Waals surface area contributed by atoms with E-state index in [1.165, 1.54) is 36.7 Å². The number of hydrogen-bond acceptors (Lipinski definition) is 6. The van der Waals surface area contributed by atoms with E-state index >= 15 is 0 Å². The lowest BCUT2D eigenvalue weighted by Crippen LogP contribution is -2.26. The van der Waals surface area contributed by atoms with E-state index in [4.69, 9.17) is 10.6 Å². The van der Waals surface area contributed by atoms with E-state index in [2.05, 4.69) is 9.71 Å². The minimum absolute atomic E-state index is 0.0184. The largest absolute Gasteiger partial charge is 0.374 e. The first-order chi connectivity index (χ1) is 15.2. The Morgan fingerprint density at radius 1 is 1.19 bits per heavy atom. The van der Waals surface area contributed by atoms with Gasteiger partial charge in [-0.15, -0.1) is 0 Å². The average Bonchev–Trinajstić information content (AvgIpc) is 3.59. The maximum absolute atomic E-state index is 14.9. The molecule has 0 saturated heterocycles. The zero-order chi connectivity index (χ0) is 22.9. The molecule has 4 rings (SSSR count). The summed E-state index contributed by atoms with van der Waals surface area (Å²) in [5.41, 5.74) is 6.02. The van der Waals surface area contributed by atoms with Crippen molar-refractivity contribution in [3.05, 3.63) is 75.9 Å². The number of pyridine rings is 1. The van der Waals surface area contributed by atoms with Gasteiger partial charge in [0.15, 0.2) is 11.6 Å². The van der Waals surface area contributed by atoms with Crippen LogP contribution in [0.5, 0.6) is 5.75 Å². The number of nitrogens with zero attached hydrogens (tertiary/aromatic N) is 2. The van der Waals surface area contributed by atoms with Gasteiger partial charge in [-0.2, -0.15) is 5.06 Å². The Balaban J connectivity index is 1.73. The van der Waals surface area contributed by atoms with Crippen LogP contribution in [-0.2, 0) is 10.0 Å². The molecule has 1 aliphatic carbocycles. The molecule has 2 aromatic carbocycles. The van der Waals surface area contributed by atoms with Crippen LogP contribution >= 0.6 is 22.6 Å². The Kier molecular flexibility index (Phi) is 6.20. The molecule has 3 N–H and O–H groups in total. The van der Waals surface area contributed by atoms with Crippen LogP contribution in [0.1, 0.15) is 23.2 Å². The summed E-state index contributed by atoms with van der Waals surface area (Å²) >= 11 is 1.98. The van der Waals surface area contributed by atoms with Crippen molar-refractivity contribution < 1.29 is 22.4 Å². The Morgan fingerprint density at radius 2 is 1.97 bits per heavy atom. The van der Waals surface area contributed by atoms with Crippen LogP contribution in [0.3, 0.4) is 0 Å². The Morgan fingerprint density at radius 3 is 2.66 bits per heavy atom. The van der Waals surface area contributed by atoms with Crippen LogP contribution in [0.25, 0.3) is 0 Å². The number of rotatable bonds is 8. The highest BCUT2D eigenvalue weighted by Gasteiger charge is 2.35. The van der Waals surface area contributed by atoms with E-state index in [0.717, 1.165) is 5.06 Å². The standard InChI is InChI=1S/C21H18FIN4O4S/c22-18-10-13(23)4-7-19(18)27(20-12-25-9-8-17(20)21(24)28)31-15-3-1-2-14(11-15)26-32(29,30)16-5-6-16/h1-4,7-12,16,26H,5-6H2,(H2,24,28). The molecule has 1 amide bonds. The third-order valence-corrected chi connectivity index (χ3v) is 7.21. The number of nitrogens with two attached hydrogens (primary N) is 1. The second kappa shape index (κ2) is 8.90. The number of halogens is 2. The van der Waals surface area contributed by atoms with Gasteiger partial charge in [0.2, 0.25) is 10.0 Å². The van der Waals surface area contributed by atoms with E-state index in [-0.39, 0.29) is 22.7 Å². The third kappa shape index (κ3) is 4.93. The number of sulfonamides is 1. The molecule has 0 spiro atoms. The Hall–Kier alpha value is -2.93. The zero-order valence-electron chi connectivity index (χ0n) is 16.5. The van der Waals surface area contributed by atoms with E-state index in [9.17, 15) is 17.6 Å². The van der Waals surface area contributed by atoms with Gasteiger partial charge in [-0.3, -0.25) is 14.5 Å². The number of hydrogen-bond donors (Lipinski definition) is 2. The molecule has 0 radical (unpaired) electrons. The zero-order valence-corrected chi connectivity index (χ0v) is 19.5. The molecule has 1 aliphatic rings. The summed E-state index contributed by atoms with van der Waals surface area (Å²) in [6, 6.07) is 12.1. The van der Waals surface area contributed by atoms with Gasteiger partial charge in [-0.1, -0.05) is 6.07 Å². The predicted octanol–water partition coefficient (Wildman–Crippen LogP) is 3.96. The molecular formula is C21H18FIN4O4S. The van der Waals surface area contributed by atoms with Crippen LogP contribution < -0.4 is 20.4 Å². The lowest BCUT2D eigenvalue weighted by Gasteiger charge is -2.26. The molecule has 32 heavy (non-hydrogen) atoms. The molecule has 8 nitrogen and oxygen atoms in total. The van der Waals surface area contributed by atoms with E-state index in [1.807, 2.05) is 22.6 Å². The minimum atomic E-state index is -3.47. The number of anilines is 3. The molecule has 0 aliphatic heterocycles. The molecule has 166 valence electrons. The van der Waals surface area contributed by atoms with Crippen molar-refractivity contribution in [2.24, 2.45) is 5.73 Å². The highest BCUT2D eigenvalue weighted by molar-refractivity contribution is 14.1. The van der Waals surface area contributed by atoms with Gasteiger partial charge >= 0.3 is 0 Å². The first-order valence-electron chi connectivity index (χ1n) is 9.53. The van der Waals surface area contributed by atoms with Crippen molar-refractivity contribution in [1.82, 2.24) is 4.98 Å². The molecule has 11 heteroatoms. The molecule has 1 heterocycles. The summed E-state index contributed by atoms with van der Waals surface area (Å²) in [7, 11) is -3.47. The fourth-order valence-electron chi connectivity index (χ4n) is 2.98. The van der Waals surface area contributed by atoms with Gasteiger partial charge in [-0.25, -0.2) is 12.8 Å². The number of benzene rings is 2. The van der Waals surface area contributed by atoms with Crippen molar-refractivity contribution in [3.63, 3.8) is 0 Å². The van der Waals surface area contributed by atoms with Crippen molar-refractivity contribution in [1.29, 1.82) is 0 Å². The molecule has 3 aromatic rings. The highest BCUT2D eigenvalue weighted by atomic mass is 127. The van der Waals surface area contributed by atoms with Crippen LogP contribution in [0.15, 0.2) is 60.9 Å². The molecule has 0 unspecified atom stereocenters. The smallest absolute Gasteiger partial charge is 0.251 e. The van der Waals surface area contributed by atoms with Gasteiger partial charge in [0.1, 0.15) is 11.4 Å². The van der Waals surface area contributed by atoms with Crippen molar-refractivity contribution in [3.8, 4) is 5.75 Å². The molecule has 1 aromatic heterocycles. The maximum atomic E-state index is 14.9. The fraction of sp³-hybridized carbons (Fsp3) is 0.143. The first kappa shape index (κ1) is 22.3. The van der Waals surface area contributed by atoms with Crippen molar-refractivity contribution >= 4 is 55.6 Å². The van der Waals surface area contributed by atoms with Crippen molar-refractivity contribution in [2.75, 3.05) is 9.79 Å². The van der Waals surface area contributed by atoms with E-state index < -0.39 is 27.0 Å². The third-order valence-electron chi connectivity index (χ3n) is 4.67. The summed E-state index contributed by atoms with van der Waals surface area (Å²) in [4.78, 5) is 21.9. The quantitative estimate of drug-likeness (QED) is 0.314. The number of amides is 1. The highest BCUT2D eigenvalue weighted by Crippen LogP contribution is 2.34. The summed E-state index contributed by atoms with van der Waals surface area (Å²) in [5, 5.41) is 0.713. The van der Waals surface area contributed by atoms with Gasteiger partial charge in [0.25, 0.3) is 5.91 Å². The van der Waals surface area contributed by atoms with Crippen LogP contribution in [0, 0.1) is 9.39 Å².